The number of hydrogen-bond acceptors (Lipinski definition) is 4. The molecule has 0 saturated carbocycles. The summed E-state index contributed by atoms with van der Waals surface area (Å²) in [7, 11) is 0. The zero-order valence-electron chi connectivity index (χ0n) is 10.1. The van der Waals surface area contributed by atoms with Crippen molar-refractivity contribution in [3.8, 4) is 0 Å². The minimum Gasteiger partial charge on any atom is -0.459 e. The average molecular weight is 239 g/mol. The van der Waals surface area contributed by atoms with Crippen LogP contribution in [0.25, 0.3) is 0 Å². The van der Waals surface area contributed by atoms with Gasteiger partial charge in [0.2, 0.25) is 0 Å². The average Bonchev–Trinajstić information content (AvgIpc) is 2.16. The van der Waals surface area contributed by atoms with Gasteiger partial charge in [0.25, 0.3) is 0 Å². The quantitative estimate of drug-likeness (QED) is 0.600. The highest BCUT2D eigenvalue weighted by Crippen LogP contribution is 2.22. The summed E-state index contributed by atoms with van der Waals surface area (Å²) in [6.07, 6.45) is 1.71. The molecular weight excluding hydrogens is 222 g/mol. The first-order valence-electron chi connectivity index (χ1n) is 5.19. The van der Waals surface area contributed by atoms with Gasteiger partial charge < -0.3 is 4.74 Å². The molecule has 0 fully saturated rings. The number of hydrogen-bond donors (Lipinski definition) is 0. The minimum atomic E-state index is -0.435. The summed E-state index contributed by atoms with van der Waals surface area (Å²) in [6.45, 7) is 7.42. The van der Waals surface area contributed by atoms with Crippen LogP contribution in [0.5, 0.6) is 0 Å². The maximum atomic E-state index is 11.7. The van der Waals surface area contributed by atoms with E-state index in [0.29, 0.717) is 0 Å². The maximum Gasteiger partial charge on any atom is 0.319 e. The van der Waals surface area contributed by atoms with Crippen LogP contribution in [0.2, 0.25) is 0 Å². The molecule has 3 nitrogen and oxygen atoms in total. The molecule has 1 unspecified atom stereocenters. The summed E-state index contributed by atoms with van der Waals surface area (Å²) in [4.78, 5) is 15.8. The van der Waals surface area contributed by atoms with Crippen LogP contribution in [-0.2, 0) is 9.53 Å². The van der Waals surface area contributed by atoms with Gasteiger partial charge in [-0.15, -0.1) is 0 Å². The van der Waals surface area contributed by atoms with Crippen LogP contribution in [0.3, 0.4) is 0 Å². The lowest BCUT2D eigenvalue weighted by atomic mass is 10.2. The summed E-state index contributed by atoms with van der Waals surface area (Å²) >= 11 is 1.41. The fourth-order valence-electron chi connectivity index (χ4n) is 1.03. The van der Waals surface area contributed by atoms with Crippen molar-refractivity contribution in [3.63, 3.8) is 0 Å². The van der Waals surface area contributed by atoms with Gasteiger partial charge in [0, 0.05) is 6.20 Å². The first kappa shape index (κ1) is 13.0. The molecule has 0 radical (unpaired) electrons. The third-order valence-corrected chi connectivity index (χ3v) is 2.70. The van der Waals surface area contributed by atoms with Crippen molar-refractivity contribution in [1.82, 2.24) is 4.98 Å². The van der Waals surface area contributed by atoms with E-state index in [2.05, 4.69) is 4.98 Å². The van der Waals surface area contributed by atoms with E-state index >= 15 is 0 Å². The van der Waals surface area contributed by atoms with Crippen LogP contribution >= 0.6 is 11.8 Å². The monoisotopic (exact) mass is 239 g/mol. The normalized spacial score (nSPS) is 13.2. The van der Waals surface area contributed by atoms with Crippen LogP contribution in [0.4, 0.5) is 0 Å². The second-order valence-electron chi connectivity index (χ2n) is 4.46. The van der Waals surface area contributed by atoms with E-state index < -0.39 is 5.60 Å². The Hall–Kier alpha value is -1.03. The second-order valence-corrected chi connectivity index (χ2v) is 5.82. The van der Waals surface area contributed by atoms with Gasteiger partial charge in [0.15, 0.2) is 0 Å². The van der Waals surface area contributed by atoms with Crippen LogP contribution in [-0.4, -0.2) is 21.8 Å². The van der Waals surface area contributed by atoms with Gasteiger partial charge in [-0.25, -0.2) is 4.98 Å². The Morgan fingerprint density at radius 3 is 2.62 bits per heavy atom. The number of carbonyl (C=O) groups is 1. The molecule has 1 aromatic rings. The van der Waals surface area contributed by atoms with Gasteiger partial charge in [0.1, 0.15) is 10.9 Å². The van der Waals surface area contributed by atoms with Crippen molar-refractivity contribution in [2.75, 3.05) is 0 Å². The SMILES string of the molecule is CC(Sc1ccccn1)C(=O)OC(C)(C)C. The molecule has 0 aromatic carbocycles. The molecule has 1 rings (SSSR count). The third-order valence-electron chi connectivity index (χ3n) is 1.67. The third kappa shape index (κ3) is 4.66. The van der Waals surface area contributed by atoms with Crippen molar-refractivity contribution in [1.29, 1.82) is 0 Å². The lowest BCUT2D eigenvalue weighted by Gasteiger charge is -2.21. The summed E-state index contributed by atoms with van der Waals surface area (Å²) in [5.74, 6) is -0.205. The topological polar surface area (TPSA) is 39.2 Å². The number of ether oxygens (including phenoxy) is 1. The van der Waals surface area contributed by atoms with Crippen LogP contribution in [0.1, 0.15) is 27.7 Å². The number of aromatic nitrogens is 1. The standard InChI is InChI=1S/C12H17NO2S/c1-9(11(14)15-12(2,3)4)16-10-7-5-6-8-13-10/h5-9H,1-4H3. The predicted molar refractivity (Wildman–Crippen MR) is 65.4 cm³/mol. The zero-order valence-corrected chi connectivity index (χ0v) is 10.9. The number of esters is 1. The summed E-state index contributed by atoms with van der Waals surface area (Å²) in [6, 6.07) is 5.63. The molecule has 0 aliphatic rings. The molecular formula is C12H17NO2S. The van der Waals surface area contributed by atoms with Gasteiger partial charge in [-0.3, -0.25) is 4.79 Å². The van der Waals surface area contributed by atoms with Gasteiger partial charge in [-0.1, -0.05) is 17.8 Å². The number of nitrogens with zero attached hydrogens (tertiary/aromatic N) is 1. The molecule has 1 atom stereocenters. The lowest BCUT2D eigenvalue weighted by Crippen LogP contribution is -2.28. The molecule has 88 valence electrons. The lowest BCUT2D eigenvalue weighted by molar-refractivity contribution is -0.153. The minimum absolute atomic E-state index is 0.205. The maximum absolute atomic E-state index is 11.7. The Kier molecular flexibility index (Phi) is 4.35. The van der Waals surface area contributed by atoms with E-state index in [9.17, 15) is 4.79 Å². The largest absolute Gasteiger partial charge is 0.459 e. The zero-order chi connectivity index (χ0) is 12.2. The molecule has 16 heavy (non-hydrogen) atoms. The molecule has 1 heterocycles. The fraction of sp³-hybridized carbons (Fsp3) is 0.500. The summed E-state index contributed by atoms with van der Waals surface area (Å²) in [5, 5.41) is 0.593. The molecule has 0 aliphatic carbocycles. The predicted octanol–water partition coefficient (Wildman–Crippen LogP) is 2.90. The molecule has 4 heteroatoms. The van der Waals surface area contributed by atoms with Crippen molar-refractivity contribution < 1.29 is 9.53 Å². The Balaban J connectivity index is 2.53. The van der Waals surface area contributed by atoms with Crippen molar-refractivity contribution >= 4 is 17.7 Å². The van der Waals surface area contributed by atoms with Crippen LogP contribution in [0, 0.1) is 0 Å². The Labute approximate surface area is 101 Å². The van der Waals surface area contributed by atoms with E-state index in [4.69, 9.17) is 4.74 Å². The van der Waals surface area contributed by atoms with Gasteiger partial charge in [-0.2, -0.15) is 0 Å². The Morgan fingerprint density at radius 2 is 2.12 bits per heavy atom. The number of carbonyl (C=O) groups excluding carboxylic acids is 1. The Bertz CT molecular complexity index is 346. The second kappa shape index (κ2) is 5.34. The fourth-order valence-corrected chi connectivity index (χ4v) is 1.82. The molecule has 0 saturated heterocycles. The van der Waals surface area contributed by atoms with E-state index in [1.165, 1.54) is 11.8 Å². The smallest absolute Gasteiger partial charge is 0.319 e. The summed E-state index contributed by atoms with van der Waals surface area (Å²) in [5.41, 5.74) is -0.435. The van der Waals surface area contributed by atoms with E-state index in [-0.39, 0.29) is 11.2 Å². The summed E-state index contributed by atoms with van der Waals surface area (Å²) < 4.78 is 5.28. The molecule has 0 aliphatic heterocycles. The molecule has 0 N–H and O–H groups in total. The first-order chi connectivity index (χ1) is 7.38. The highest BCUT2D eigenvalue weighted by Gasteiger charge is 2.22. The molecule has 0 bridgehead atoms. The Morgan fingerprint density at radius 1 is 1.44 bits per heavy atom. The van der Waals surface area contributed by atoms with E-state index in [1.54, 1.807) is 6.20 Å². The highest BCUT2D eigenvalue weighted by atomic mass is 32.2. The number of pyridine rings is 1. The van der Waals surface area contributed by atoms with Crippen molar-refractivity contribution in [3.05, 3.63) is 24.4 Å². The molecule has 0 amide bonds. The number of thioether (sulfide) groups is 1. The van der Waals surface area contributed by atoms with Gasteiger partial charge in [0.05, 0.1) is 5.03 Å². The molecule has 1 aromatic heterocycles. The molecule has 0 spiro atoms. The first-order valence-corrected chi connectivity index (χ1v) is 6.07. The van der Waals surface area contributed by atoms with Crippen LogP contribution < -0.4 is 0 Å². The number of rotatable bonds is 3. The van der Waals surface area contributed by atoms with Crippen molar-refractivity contribution in [2.45, 2.75) is 43.6 Å². The highest BCUT2D eigenvalue weighted by molar-refractivity contribution is 8.00. The van der Waals surface area contributed by atoms with Crippen molar-refractivity contribution in [2.24, 2.45) is 0 Å². The van der Waals surface area contributed by atoms with E-state index in [0.717, 1.165) is 5.03 Å². The van der Waals surface area contributed by atoms with Gasteiger partial charge >= 0.3 is 5.97 Å². The van der Waals surface area contributed by atoms with Gasteiger partial charge in [-0.05, 0) is 39.8 Å². The van der Waals surface area contributed by atoms with Crippen LogP contribution in [0.15, 0.2) is 29.4 Å². The van der Waals surface area contributed by atoms with E-state index in [1.807, 2.05) is 45.9 Å².